The maximum atomic E-state index is 13.5. The normalized spacial score (nSPS) is 17.1. The summed E-state index contributed by atoms with van der Waals surface area (Å²) in [5.41, 5.74) is -2.05. The summed E-state index contributed by atoms with van der Waals surface area (Å²) in [5, 5.41) is 10.9. The van der Waals surface area contributed by atoms with E-state index in [-0.39, 0.29) is 28.4 Å². The fourth-order valence-electron chi connectivity index (χ4n) is 3.91. The Balaban J connectivity index is 2.26. The Kier molecular flexibility index (Phi) is 6.04. The molecule has 1 aliphatic heterocycles. The number of hydrogen-bond donors (Lipinski definition) is 0. The van der Waals surface area contributed by atoms with Crippen molar-refractivity contribution in [3.8, 4) is 0 Å². The number of esters is 2. The summed E-state index contributed by atoms with van der Waals surface area (Å²) in [4.78, 5) is 36.0. The quantitative estimate of drug-likeness (QED) is 0.211. The van der Waals surface area contributed by atoms with Gasteiger partial charge in [0.1, 0.15) is 0 Å². The molecule has 0 aromatic heterocycles. The first-order valence-corrected chi connectivity index (χ1v) is 10.8. The number of nitro groups is 1. The van der Waals surface area contributed by atoms with Crippen LogP contribution in [-0.2, 0) is 34.5 Å². The number of carbonyl (C=O) groups excluding carboxylic acids is 2. The molecule has 0 amide bonds. The Morgan fingerprint density at radius 1 is 1.12 bits per heavy atom. The Labute approximate surface area is 184 Å². The number of methoxy groups -OCH3 is 2. The highest BCUT2D eigenvalue weighted by Crippen LogP contribution is 2.47. The van der Waals surface area contributed by atoms with Crippen molar-refractivity contribution < 1.29 is 32.4 Å². The molecule has 1 heterocycles. The lowest BCUT2D eigenvalue weighted by Crippen LogP contribution is -2.58. The first kappa shape index (κ1) is 22.9. The first-order valence-electron chi connectivity index (χ1n) is 9.32. The van der Waals surface area contributed by atoms with Crippen LogP contribution < -0.4 is 4.31 Å². The molecule has 2 aromatic carbocycles. The average Bonchev–Trinajstić information content (AvgIpc) is 2.81. The Morgan fingerprint density at radius 2 is 1.69 bits per heavy atom. The molecule has 10 nitrogen and oxygen atoms in total. The number of anilines is 1. The highest BCUT2D eigenvalue weighted by Gasteiger charge is 2.60. The number of hydrogen-bond acceptors (Lipinski definition) is 8. The second-order valence-electron chi connectivity index (χ2n) is 6.94. The third-order valence-corrected chi connectivity index (χ3v) is 7.25. The van der Waals surface area contributed by atoms with Gasteiger partial charge < -0.3 is 9.47 Å². The van der Waals surface area contributed by atoms with Crippen LogP contribution in [-0.4, -0.2) is 46.0 Å². The molecule has 1 aliphatic rings. The first-order chi connectivity index (χ1) is 15.2. The van der Waals surface area contributed by atoms with Gasteiger partial charge in [0.2, 0.25) is 0 Å². The van der Waals surface area contributed by atoms with Gasteiger partial charge in [-0.1, -0.05) is 24.3 Å². The van der Waals surface area contributed by atoms with Gasteiger partial charge in [-0.2, -0.15) is 0 Å². The number of sulfonamides is 1. The van der Waals surface area contributed by atoms with Gasteiger partial charge in [0.15, 0.2) is 5.41 Å². The Morgan fingerprint density at radius 3 is 2.19 bits per heavy atom. The summed E-state index contributed by atoms with van der Waals surface area (Å²) >= 11 is 0. The number of rotatable bonds is 6. The highest BCUT2D eigenvalue weighted by molar-refractivity contribution is 7.92. The third kappa shape index (κ3) is 3.30. The predicted molar refractivity (Wildman–Crippen MR) is 113 cm³/mol. The van der Waals surface area contributed by atoms with E-state index in [9.17, 15) is 28.1 Å². The summed E-state index contributed by atoms with van der Waals surface area (Å²) in [6.45, 7) is 3.38. The van der Waals surface area contributed by atoms with Crippen molar-refractivity contribution >= 4 is 33.3 Å². The molecule has 0 saturated carbocycles. The molecule has 0 saturated heterocycles. The fraction of sp³-hybridized carbons (Fsp3) is 0.238. The number of carbonyl (C=O) groups is 2. The predicted octanol–water partition coefficient (Wildman–Crippen LogP) is 2.19. The summed E-state index contributed by atoms with van der Waals surface area (Å²) in [6, 6.07) is 10.5. The number of non-ortho nitro benzene ring substituents is 1. The van der Waals surface area contributed by atoms with Crippen molar-refractivity contribution in [2.45, 2.75) is 10.3 Å². The number of nitrogens with zero attached hydrogens (tertiary/aromatic N) is 2. The Hall–Kier alpha value is -3.73. The van der Waals surface area contributed by atoms with Gasteiger partial charge in [-0.05, 0) is 18.2 Å². The zero-order valence-electron chi connectivity index (χ0n) is 17.3. The van der Waals surface area contributed by atoms with Gasteiger partial charge in [-0.25, -0.2) is 8.42 Å². The van der Waals surface area contributed by atoms with E-state index < -0.39 is 38.2 Å². The molecule has 0 bridgehead atoms. The van der Waals surface area contributed by atoms with Crippen molar-refractivity contribution in [2.24, 2.45) is 5.92 Å². The van der Waals surface area contributed by atoms with E-state index >= 15 is 0 Å². The van der Waals surface area contributed by atoms with Gasteiger partial charge in [0.05, 0.1) is 29.7 Å². The molecule has 3 rings (SSSR count). The SMILES string of the molecule is C=CC1CN(S(=O)(=O)c2ccc([N+](=O)[O-])cc2)c2ccccc2C1(C(=O)OC)C(=O)OC. The van der Waals surface area contributed by atoms with Crippen LogP contribution in [0.5, 0.6) is 0 Å². The minimum Gasteiger partial charge on any atom is -0.468 e. The summed E-state index contributed by atoms with van der Waals surface area (Å²) in [6.07, 6.45) is 1.31. The van der Waals surface area contributed by atoms with E-state index in [0.29, 0.717) is 0 Å². The van der Waals surface area contributed by atoms with Crippen LogP contribution in [0, 0.1) is 16.0 Å². The van der Waals surface area contributed by atoms with Crippen LogP contribution in [0.4, 0.5) is 11.4 Å². The topological polar surface area (TPSA) is 133 Å². The molecule has 1 atom stereocenters. The van der Waals surface area contributed by atoms with Crippen molar-refractivity contribution in [1.82, 2.24) is 0 Å². The Bertz CT molecular complexity index is 1170. The minimum atomic E-state index is -4.22. The number of benzene rings is 2. The minimum absolute atomic E-state index is 0.0831. The molecule has 0 aliphatic carbocycles. The van der Waals surface area contributed by atoms with Gasteiger partial charge in [0.25, 0.3) is 15.7 Å². The maximum Gasteiger partial charge on any atom is 0.328 e. The van der Waals surface area contributed by atoms with Crippen molar-refractivity contribution in [3.05, 3.63) is 76.9 Å². The number of fused-ring (bicyclic) bond motifs is 1. The molecule has 0 spiro atoms. The van der Waals surface area contributed by atoms with Crippen molar-refractivity contribution in [2.75, 3.05) is 25.1 Å². The van der Waals surface area contributed by atoms with Crippen molar-refractivity contribution in [1.29, 1.82) is 0 Å². The van der Waals surface area contributed by atoms with E-state index in [4.69, 9.17) is 9.47 Å². The zero-order valence-corrected chi connectivity index (χ0v) is 18.1. The zero-order chi connectivity index (χ0) is 23.7. The smallest absolute Gasteiger partial charge is 0.328 e. The van der Waals surface area contributed by atoms with Gasteiger partial charge >= 0.3 is 11.9 Å². The molecule has 0 N–H and O–H groups in total. The molecule has 11 heteroatoms. The van der Waals surface area contributed by atoms with E-state index in [1.54, 1.807) is 12.1 Å². The molecular weight excluding hydrogens is 440 g/mol. The van der Waals surface area contributed by atoms with Crippen LogP contribution >= 0.6 is 0 Å². The average molecular weight is 460 g/mol. The van der Waals surface area contributed by atoms with Crippen LogP contribution in [0.25, 0.3) is 0 Å². The summed E-state index contributed by atoms with van der Waals surface area (Å²) in [7, 11) is -1.98. The second-order valence-corrected chi connectivity index (χ2v) is 8.80. The number of para-hydroxylation sites is 1. The molecule has 0 radical (unpaired) electrons. The molecule has 32 heavy (non-hydrogen) atoms. The maximum absolute atomic E-state index is 13.5. The lowest BCUT2D eigenvalue weighted by molar-refractivity contribution is -0.384. The largest absolute Gasteiger partial charge is 0.468 e. The molecule has 0 fully saturated rings. The standard InChI is InChI=1S/C21H20N2O8S/c1-4-14-13-22(32(28,29)16-11-9-15(10-12-16)23(26)27)18-8-6-5-7-17(18)21(14,19(24)30-2)20(25)31-3/h4-12,14H,1,13H2,2-3H3. The van der Waals surface area contributed by atoms with Crippen LogP contribution in [0.1, 0.15) is 5.56 Å². The van der Waals surface area contributed by atoms with Gasteiger partial charge in [0, 0.05) is 30.2 Å². The van der Waals surface area contributed by atoms with Crippen LogP contribution in [0.15, 0.2) is 66.1 Å². The summed E-state index contributed by atoms with van der Waals surface area (Å²) < 4.78 is 37.8. The molecule has 2 aromatic rings. The highest BCUT2D eigenvalue weighted by atomic mass is 32.2. The summed E-state index contributed by atoms with van der Waals surface area (Å²) in [5.74, 6) is -2.84. The number of ether oxygens (including phenoxy) is 2. The third-order valence-electron chi connectivity index (χ3n) is 5.45. The monoisotopic (exact) mass is 460 g/mol. The van der Waals surface area contributed by atoms with Crippen LogP contribution in [0.3, 0.4) is 0 Å². The van der Waals surface area contributed by atoms with Gasteiger partial charge in [-0.3, -0.25) is 24.0 Å². The van der Waals surface area contributed by atoms with E-state index in [1.807, 2.05) is 0 Å². The lowest BCUT2D eigenvalue weighted by Gasteiger charge is -2.44. The molecular formula is C21H20N2O8S. The second kappa shape index (κ2) is 8.42. The molecule has 1 unspecified atom stereocenters. The van der Waals surface area contributed by atoms with Gasteiger partial charge in [-0.15, -0.1) is 6.58 Å². The van der Waals surface area contributed by atoms with E-state index in [2.05, 4.69) is 6.58 Å². The lowest BCUT2D eigenvalue weighted by atomic mass is 9.67. The molecule has 168 valence electrons. The van der Waals surface area contributed by atoms with Crippen LogP contribution in [0.2, 0.25) is 0 Å². The van der Waals surface area contributed by atoms with E-state index in [0.717, 1.165) is 42.8 Å². The number of nitro benzene ring substituents is 1. The van der Waals surface area contributed by atoms with Crippen molar-refractivity contribution in [3.63, 3.8) is 0 Å². The fourth-order valence-corrected chi connectivity index (χ4v) is 5.42. The van der Waals surface area contributed by atoms with E-state index in [1.165, 1.54) is 18.2 Å².